The lowest BCUT2D eigenvalue weighted by atomic mass is 9.71. The summed E-state index contributed by atoms with van der Waals surface area (Å²) in [5.74, 6) is 1.04. The molecule has 1 aromatic heterocycles. The first-order valence-electron chi connectivity index (χ1n) is 18.2. The van der Waals surface area contributed by atoms with E-state index >= 15 is 0 Å². The third-order valence-corrected chi connectivity index (χ3v) is 12.1. The summed E-state index contributed by atoms with van der Waals surface area (Å²) >= 11 is 10.3. The van der Waals surface area contributed by atoms with E-state index in [4.69, 9.17) is 16.6 Å². The number of aromatic nitrogens is 2. The van der Waals surface area contributed by atoms with E-state index in [2.05, 4.69) is 67.0 Å². The highest BCUT2D eigenvalue weighted by molar-refractivity contribution is 9.11. The summed E-state index contributed by atoms with van der Waals surface area (Å²) in [6, 6.07) is 6.83. The summed E-state index contributed by atoms with van der Waals surface area (Å²) < 4.78 is 3.25. The minimum Gasteiger partial charge on any atom is -0.356 e. The fourth-order valence-electron chi connectivity index (χ4n) is 8.58. The number of nitrogens with zero attached hydrogens (tertiary/aromatic N) is 4. The van der Waals surface area contributed by atoms with Crippen LogP contribution in [0.3, 0.4) is 0 Å². The van der Waals surface area contributed by atoms with E-state index in [-0.39, 0.29) is 35.5 Å². The van der Waals surface area contributed by atoms with Gasteiger partial charge in [-0.05, 0) is 107 Å². The summed E-state index contributed by atoms with van der Waals surface area (Å²) in [5.41, 5.74) is 3.86. The molecule has 48 heavy (non-hydrogen) atoms. The minimum absolute atomic E-state index is 0.0734. The van der Waals surface area contributed by atoms with Crippen LogP contribution in [0, 0.1) is 11.8 Å². The number of imidazole rings is 1. The van der Waals surface area contributed by atoms with Crippen LogP contribution in [0.5, 0.6) is 0 Å². The molecule has 2 aliphatic carbocycles. The third-order valence-electron chi connectivity index (χ3n) is 11.4. The maximum Gasteiger partial charge on any atom is 0.317 e. The van der Waals surface area contributed by atoms with Crippen molar-refractivity contribution in [3.63, 3.8) is 0 Å². The maximum atomic E-state index is 13.8. The molecule has 2 aliphatic heterocycles. The van der Waals surface area contributed by atoms with Crippen LogP contribution < -0.4 is 10.6 Å². The normalized spacial score (nSPS) is 24.9. The number of carbonyl (C=O) groups excluding carboxylic acids is 2. The molecule has 2 aromatic rings. The van der Waals surface area contributed by atoms with Crippen LogP contribution in [-0.4, -0.2) is 57.3 Å². The van der Waals surface area contributed by atoms with E-state index in [0.717, 1.165) is 80.3 Å². The highest BCUT2D eigenvalue weighted by Gasteiger charge is 2.42. The fourth-order valence-corrected chi connectivity index (χ4v) is 9.26. The van der Waals surface area contributed by atoms with Gasteiger partial charge < -0.3 is 20.1 Å². The number of allylic oxidation sites excluding steroid dienone is 1. The van der Waals surface area contributed by atoms with E-state index in [1.807, 2.05) is 24.8 Å². The Balaban J connectivity index is 1.15. The molecule has 10 heteroatoms. The number of likely N-dealkylation sites (tertiary alicyclic amines) is 1. The van der Waals surface area contributed by atoms with Gasteiger partial charge in [0.1, 0.15) is 0 Å². The second-order valence-corrected chi connectivity index (χ2v) is 16.5. The number of hydrogen-bond acceptors (Lipinski definition) is 4. The van der Waals surface area contributed by atoms with Crippen molar-refractivity contribution in [3.05, 3.63) is 63.8 Å². The van der Waals surface area contributed by atoms with Gasteiger partial charge in [-0.3, -0.25) is 9.79 Å². The Morgan fingerprint density at radius 3 is 2.75 bits per heavy atom. The number of aliphatic imine (C=N–C) groups is 1. The number of carbonyl (C=O) groups is 2. The number of benzene rings is 1. The fraction of sp³-hybridized carbons (Fsp3) is 0.632. The molecule has 3 amide bonds. The Kier molecular flexibility index (Phi) is 11.7. The summed E-state index contributed by atoms with van der Waals surface area (Å²) in [6.07, 6.45) is 21.1. The topological polar surface area (TPSA) is 91.6 Å². The molecule has 3 heterocycles. The number of amides is 3. The summed E-state index contributed by atoms with van der Waals surface area (Å²) in [4.78, 5) is 38.2. The molecule has 0 spiro atoms. The molecule has 1 aromatic carbocycles. The molecule has 0 bridgehead atoms. The first kappa shape index (κ1) is 35.2. The van der Waals surface area contributed by atoms with E-state index < -0.39 is 0 Å². The number of fused-ring (bicyclic) bond motifs is 2. The Morgan fingerprint density at radius 1 is 1.12 bits per heavy atom. The number of nitrogens with one attached hydrogen (secondary N) is 2. The van der Waals surface area contributed by atoms with Crippen molar-refractivity contribution >= 4 is 45.2 Å². The summed E-state index contributed by atoms with van der Waals surface area (Å²) in [7, 11) is 0. The molecule has 4 aliphatic rings. The number of hydrogen-bond donors (Lipinski definition) is 2. The first-order chi connectivity index (χ1) is 23.2. The smallest absolute Gasteiger partial charge is 0.317 e. The van der Waals surface area contributed by atoms with E-state index in [0.29, 0.717) is 24.8 Å². The summed E-state index contributed by atoms with van der Waals surface area (Å²) in [6.45, 7) is 5.65. The monoisotopic (exact) mass is 738 g/mol. The maximum absolute atomic E-state index is 13.8. The van der Waals surface area contributed by atoms with E-state index in [1.54, 1.807) is 6.20 Å². The zero-order chi connectivity index (χ0) is 33.7. The minimum atomic E-state index is -0.122. The second kappa shape index (κ2) is 15.9. The predicted octanol–water partition coefficient (Wildman–Crippen LogP) is 8.50. The van der Waals surface area contributed by atoms with Gasteiger partial charge in [0.05, 0.1) is 6.33 Å². The molecular formula is C38H52BrClN6O2. The van der Waals surface area contributed by atoms with Crippen LogP contribution in [0.25, 0.3) is 0 Å². The molecule has 3 unspecified atom stereocenters. The van der Waals surface area contributed by atoms with Gasteiger partial charge in [0.15, 0.2) is 0 Å². The van der Waals surface area contributed by atoms with Crippen molar-refractivity contribution in [2.24, 2.45) is 16.8 Å². The molecule has 8 nitrogen and oxygen atoms in total. The van der Waals surface area contributed by atoms with Crippen LogP contribution in [0.1, 0.15) is 114 Å². The largest absolute Gasteiger partial charge is 0.356 e. The molecule has 1 saturated heterocycles. The van der Waals surface area contributed by atoms with Gasteiger partial charge >= 0.3 is 6.03 Å². The van der Waals surface area contributed by atoms with Crippen molar-refractivity contribution < 1.29 is 9.59 Å². The molecular weight excluding hydrogens is 688 g/mol. The highest BCUT2D eigenvalue weighted by atomic mass is 79.9. The van der Waals surface area contributed by atoms with Gasteiger partial charge in [-0.25, -0.2) is 9.78 Å². The molecule has 2 N–H and O–H groups in total. The van der Waals surface area contributed by atoms with Crippen LogP contribution >= 0.6 is 27.5 Å². The van der Waals surface area contributed by atoms with Gasteiger partial charge in [0.2, 0.25) is 5.91 Å². The quantitative estimate of drug-likeness (QED) is 0.256. The van der Waals surface area contributed by atoms with Crippen molar-refractivity contribution in [3.8, 4) is 0 Å². The van der Waals surface area contributed by atoms with Gasteiger partial charge in [0.25, 0.3) is 0 Å². The zero-order valence-corrected chi connectivity index (χ0v) is 30.9. The molecule has 0 radical (unpaired) electrons. The Hall–Kier alpha value is -2.65. The second-order valence-electron chi connectivity index (χ2n) is 15.1. The lowest BCUT2D eigenvalue weighted by Crippen LogP contribution is -2.53. The average molecular weight is 740 g/mol. The van der Waals surface area contributed by atoms with Gasteiger partial charge in [-0.2, -0.15) is 0 Å². The first-order valence-corrected chi connectivity index (χ1v) is 19.4. The molecule has 6 rings (SSSR count). The van der Waals surface area contributed by atoms with Crippen molar-refractivity contribution in [1.29, 1.82) is 0 Å². The lowest BCUT2D eigenvalue weighted by molar-refractivity contribution is -0.121. The van der Waals surface area contributed by atoms with Crippen LogP contribution in [0.2, 0.25) is 5.02 Å². The zero-order valence-electron chi connectivity index (χ0n) is 28.6. The average Bonchev–Trinajstić information content (AvgIpc) is 3.58. The van der Waals surface area contributed by atoms with Crippen LogP contribution in [0.15, 0.2) is 52.6 Å². The predicted molar refractivity (Wildman–Crippen MR) is 197 cm³/mol. The lowest BCUT2D eigenvalue weighted by Gasteiger charge is -2.44. The Labute approximate surface area is 299 Å². The van der Waals surface area contributed by atoms with Gasteiger partial charge in [-0.1, -0.05) is 52.9 Å². The standard InChI is InChI=1S/C38H52BrClN6O2/c1-38(2,45-20-18-41-25-45)16-17-42-34(47)10-6-9-32-23-27(15-19-46(32)37(48)44-31-7-4-3-5-8-31)35-33-14-13-30(40)22-26(33)11-12-28-21-29(39)24-43-36(28)35/h13-14,18,20,22,24-25,27-28,31-32,35H,3-12,15-17,19,21,23H2,1-2H3,(H,42,47)(H,44,48)/t27?,28?,32?,35-/m0/s1. The third kappa shape index (κ3) is 8.55. The molecule has 1 saturated carbocycles. The van der Waals surface area contributed by atoms with Crippen molar-refractivity contribution in [2.75, 3.05) is 13.1 Å². The van der Waals surface area contributed by atoms with Crippen LogP contribution in [0.4, 0.5) is 4.79 Å². The number of piperidine rings is 1. The number of rotatable bonds is 10. The SMILES string of the molecule is CC(C)(CCNC(=O)CCCC1CC([C@@H]2C3=NC=C(Br)CC3CCc3cc(Cl)ccc32)CCN1C(=O)NC1CCCCC1)n1ccnc1. The Bertz CT molecular complexity index is 1480. The highest BCUT2D eigenvalue weighted by Crippen LogP contribution is 2.46. The molecule has 2 fully saturated rings. The van der Waals surface area contributed by atoms with Gasteiger partial charge in [0, 0.05) is 82.8 Å². The van der Waals surface area contributed by atoms with Crippen molar-refractivity contribution in [1.82, 2.24) is 25.1 Å². The Morgan fingerprint density at radius 2 is 1.96 bits per heavy atom. The van der Waals surface area contributed by atoms with Crippen LogP contribution in [-0.2, 0) is 16.8 Å². The molecule has 260 valence electrons. The number of halogens is 2. The van der Waals surface area contributed by atoms with Gasteiger partial charge in [-0.15, -0.1) is 0 Å². The van der Waals surface area contributed by atoms with Crippen molar-refractivity contribution in [2.45, 2.75) is 127 Å². The number of urea groups is 1. The van der Waals surface area contributed by atoms with E-state index in [1.165, 1.54) is 36.1 Å². The number of aryl methyl sites for hydroxylation is 1. The van der Waals surface area contributed by atoms with E-state index in [9.17, 15) is 9.59 Å². The molecule has 4 atom stereocenters. The summed E-state index contributed by atoms with van der Waals surface area (Å²) in [5, 5.41) is 7.33.